The molecule has 1 aliphatic heterocycles. The van der Waals surface area contributed by atoms with Gasteiger partial charge in [0.05, 0.1) is 30.6 Å². The minimum absolute atomic E-state index is 0.0711. The van der Waals surface area contributed by atoms with Crippen LogP contribution in [0.15, 0.2) is 42.9 Å². The maximum Gasteiger partial charge on any atom is 0.277 e. The maximum absolute atomic E-state index is 13.0. The smallest absolute Gasteiger partial charge is 0.277 e. The quantitative estimate of drug-likeness (QED) is 0.696. The highest BCUT2D eigenvalue weighted by Crippen LogP contribution is 2.30. The average Bonchev–Trinajstić information content (AvgIpc) is 3.16. The largest absolute Gasteiger partial charge is 0.493 e. The summed E-state index contributed by atoms with van der Waals surface area (Å²) in [6, 6.07) is 7.27. The molecule has 8 nitrogen and oxygen atoms in total. The number of aromatic nitrogens is 3. The van der Waals surface area contributed by atoms with Crippen LogP contribution in [-0.2, 0) is 13.0 Å². The van der Waals surface area contributed by atoms with E-state index in [1.807, 2.05) is 19.1 Å². The van der Waals surface area contributed by atoms with Crippen molar-refractivity contribution in [2.45, 2.75) is 19.9 Å². The van der Waals surface area contributed by atoms with Crippen molar-refractivity contribution in [2.24, 2.45) is 0 Å². The van der Waals surface area contributed by atoms with Crippen molar-refractivity contribution in [2.75, 3.05) is 18.5 Å². The number of thiazole rings is 1. The lowest BCUT2D eigenvalue weighted by atomic mass is 10.1. The van der Waals surface area contributed by atoms with Crippen LogP contribution in [0.25, 0.3) is 0 Å². The number of hydrogen-bond donors (Lipinski definition) is 1. The first-order valence-corrected chi connectivity index (χ1v) is 10.0. The van der Waals surface area contributed by atoms with Gasteiger partial charge in [-0.25, -0.2) is 9.97 Å². The summed E-state index contributed by atoms with van der Waals surface area (Å²) in [5.74, 6) is 0.160. The molecule has 0 aliphatic carbocycles. The van der Waals surface area contributed by atoms with Gasteiger partial charge < -0.3 is 9.64 Å². The number of fused-ring (bicyclic) bond motifs is 1. The summed E-state index contributed by atoms with van der Waals surface area (Å²) in [6.07, 6.45) is 5.01. The zero-order valence-corrected chi connectivity index (χ0v) is 16.6. The topological polar surface area (TPSA) is 97.3 Å². The SMILES string of the molecule is CCOc1ccccc1C(=O)N1CCc2nc(NC(=O)c3cnccn3)sc2C1. The predicted molar refractivity (Wildman–Crippen MR) is 108 cm³/mol. The molecule has 0 fully saturated rings. The second-order valence-electron chi connectivity index (χ2n) is 6.34. The van der Waals surface area contributed by atoms with Gasteiger partial charge in [-0.05, 0) is 19.1 Å². The van der Waals surface area contributed by atoms with Crippen LogP contribution in [0.1, 0.15) is 38.3 Å². The summed E-state index contributed by atoms with van der Waals surface area (Å²) < 4.78 is 5.59. The van der Waals surface area contributed by atoms with E-state index in [0.29, 0.717) is 42.6 Å². The van der Waals surface area contributed by atoms with E-state index < -0.39 is 0 Å². The minimum Gasteiger partial charge on any atom is -0.493 e. The Balaban J connectivity index is 1.48. The second kappa shape index (κ2) is 8.36. The molecule has 0 bridgehead atoms. The molecule has 1 aliphatic rings. The zero-order valence-electron chi connectivity index (χ0n) is 15.8. The number of nitrogens with zero attached hydrogens (tertiary/aromatic N) is 4. The van der Waals surface area contributed by atoms with Crippen molar-refractivity contribution in [3.05, 3.63) is 64.7 Å². The minimum atomic E-state index is -0.359. The van der Waals surface area contributed by atoms with Crippen molar-refractivity contribution in [3.63, 3.8) is 0 Å². The molecule has 2 aromatic heterocycles. The highest BCUT2D eigenvalue weighted by Gasteiger charge is 2.27. The highest BCUT2D eigenvalue weighted by atomic mass is 32.1. The molecule has 9 heteroatoms. The number of para-hydroxylation sites is 1. The fourth-order valence-corrected chi connectivity index (χ4v) is 4.11. The molecule has 2 amide bonds. The van der Waals surface area contributed by atoms with Gasteiger partial charge in [-0.1, -0.05) is 23.5 Å². The molecule has 148 valence electrons. The molecule has 0 radical (unpaired) electrons. The van der Waals surface area contributed by atoms with Crippen molar-refractivity contribution in [3.8, 4) is 5.75 Å². The third-order valence-electron chi connectivity index (χ3n) is 4.45. The van der Waals surface area contributed by atoms with Crippen LogP contribution in [0.2, 0.25) is 0 Å². The predicted octanol–water partition coefficient (Wildman–Crippen LogP) is 2.78. The van der Waals surface area contributed by atoms with E-state index in [0.717, 1.165) is 10.6 Å². The Labute approximate surface area is 171 Å². The van der Waals surface area contributed by atoms with Gasteiger partial charge in [-0.3, -0.25) is 19.9 Å². The molecule has 0 atom stereocenters. The van der Waals surface area contributed by atoms with E-state index in [9.17, 15) is 9.59 Å². The summed E-state index contributed by atoms with van der Waals surface area (Å²) in [5.41, 5.74) is 1.69. The van der Waals surface area contributed by atoms with E-state index in [1.165, 1.54) is 29.9 Å². The standard InChI is InChI=1S/C20H19N5O3S/c1-2-28-16-6-4-3-5-13(16)19(27)25-10-7-14-17(12-25)29-20(23-14)24-18(26)15-11-21-8-9-22-15/h3-6,8-9,11H,2,7,10,12H2,1H3,(H,23,24,26). The van der Waals surface area contributed by atoms with Gasteiger partial charge in [0.25, 0.3) is 11.8 Å². The lowest BCUT2D eigenvalue weighted by Gasteiger charge is -2.26. The Kier molecular flexibility index (Phi) is 5.48. The molecular weight excluding hydrogens is 390 g/mol. The molecular formula is C20H19N5O3S. The van der Waals surface area contributed by atoms with Crippen LogP contribution >= 0.6 is 11.3 Å². The summed E-state index contributed by atoms with van der Waals surface area (Å²) in [6.45, 7) is 3.40. The maximum atomic E-state index is 13.0. The molecule has 0 saturated carbocycles. The fraction of sp³-hybridized carbons (Fsp3) is 0.250. The first-order chi connectivity index (χ1) is 14.2. The van der Waals surface area contributed by atoms with Gasteiger partial charge in [0.2, 0.25) is 0 Å². The Morgan fingerprint density at radius 1 is 1.28 bits per heavy atom. The number of amides is 2. The molecule has 3 aromatic rings. The Morgan fingerprint density at radius 2 is 2.14 bits per heavy atom. The van der Waals surface area contributed by atoms with E-state index >= 15 is 0 Å². The molecule has 0 unspecified atom stereocenters. The highest BCUT2D eigenvalue weighted by molar-refractivity contribution is 7.15. The van der Waals surface area contributed by atoms with Crippen LogP contribution in [0.5, 0.6) is 5.75 Å². The van der Waals surface area contributed by atoms with Crippen LogP contribution in [0, 0.1) is 0 Å². The number of nitrogens with one attached hydrogen (secondary N) is 1. The van der Waals surface area contributed by atoms with E-state index in [2.05, 4.69) is 20.3 Å². The molecule has 1 aromatic carbocycles. The third kappa shape index (κ3) is 4.09. The van der Waals surface area contributed by atoms with Crippen LogP contribution in [0.3, 0.4) is 0 Å². The summed E-state index contributed by atoms with van der Waals surface area (Å²) in [5, 5.41) is 3.25. The average molecular weight is 409 g/mol. The Hall–Kier alpha value is -3.33. The van der Waals surface area contributed by atoms with Crippen molar-refractivity contribution < 1.29 is 14.3 Å². The lowest BCUT2D eigenvalue weighted by Crippen LogP contribution is -2.35. The molecule has 4 rings (SSSR count). The Bertz CT molecular complexity index is 1040. The molecule has 0 saturated heterocycles. The van der Waals surface area contributed by atoms with Gasteiger partial charge in [0.1, 0.15) is 11.4 Å². The monoisotopic (exact) mass is 409 g/mol. The van der Waals surface area contributed by atoms with Crippen LogP contribution < -0.4 is 10.1 Å². The molecule has 3 heterocycles. The van der Waals surface area contributed by atoms with Gasteiger partial charge in [-0.2, -0.15) is 0 Å². The van der Waals surface area contributed by atoms with Crippen LogP contribution in [-0.4, -0.2) is 44.8 Å². The number of benzene rings is 1. The molecule has 29 heavy (non-hydrogen) atoms. The molecule has 1 N–H and O–H groups in total. The van der Waals surface area contributed by atoms with E-state index in [4.69, 9.17) is 4.74 Å². The number of anilines is 1. The number of carbonyl (C=O) groups is 2. The number of hydrogen-bond acceptors (Lipinski definition) is 7. The number of rotatable bonds is 5. The lowest BCUT2D eigenvalue weighted by molar-refractivity contribution is 0.0732. The second-order valence-corrected chi connectivity index (χ2v) is 7.42. The third-order valence-corrected chi connectivity index (χ3v) is 5.45. The van der Waals surface area contributed by atoms with Gasteiger partial charge in [0, 0.05) is 30.2 Å². The van der Waals surface area contributed by atoms with Gasteiger partial charge in [-0.15, -0.1) is 0 Å². The fourth-order valence-electron chi connectivity index (χ4n) is 3.09. The van der Waals surface area contributed by atoms with E-state index in [1.54, 1.807) is 17.0 Å². The zero-order chi connectivity index (χ0) is 20.2. The van der Waals surface area contributed by atoms with Crippen molar-refractivity contribution >= 4 is 28.3 Å². The first kappa shape index (κ1) is 19.0. The summed E-state index contributed by atoms with van der Waals surface area (Å²) in [4.78, 5) is 40.4. The molecule has 0 spiro atoms. The number of ether oxygens (including phenoxy) is 1. The Morgan fingerprint density at radius 3 is 2.93 bits per heavy atom. The van der Waals surface area contributed by atoms with Gasteiger partial charge in [0.15, 0.2) is 5.13 Å². The number of carbonyl (C=O) groups excluding carboxylic acids is 2. The summed E-state index contributed by atoms with van der Waals surface area (Å²) >= 11 is 1.37. The first-order valence-electron chi connectivity index (χ1n) is 9.22. The van der Waals surface area contributed by atoms with Crippen molar-refractivity contribution in [1.29, 1.82) is 0 Å². The van der Waals surface area contributed by atoms with Gasteiger partial charge >= 0.3 is 0 Å². The van der Waals surface area contributed by atoms with E-state index in [-0.39, 0.29) is 17.5 Å². The summed E-state index contributed by atoms with van der Waals surface area (Å²) in [7, 11) is 0. The van der Waals surface area contributed by atoms with Crippen LogP contribution in [0.4, 0.5) is 5.13 Å². The van der Waals surface area contributed by atoms with Crippen molar-refractivity contribution in [1.82, 2.24) is 19.9 Å². The normalized spacial score (nSPS) is 12.9.